The first-order valence-corrected chi connectivity index (χ1v) is 6.87. The molecule has 1 unspecified atom stereocenters. The number of aryl methyl sites for hydroxylation is 3. The molecule has 1 atom stereocenters. The molecule has 2 nitrogen and oxygen atoms in total. The fourth-order valence-electron chi connectivity index (χ4n) is 2.54. The van der Waals surface area contributed by atoms with Crippen LogP contribution in [0.1, 0.15) is 34.1 Å². The first-order chi connectivity index (χ1) is 9.51. The fourth-order valence-corrected chi connectivity index (χ4v) is 2.54. The lowest BCUT2D eigenvalue weighted by Crippen LogP contribution is -2.20. The summed E-state index contributed by atoms with van der Waals surface area (Å²) in [4.78, 5) is 4.52. The van der Waals surface area contributed by atoms with Crippen LogP contribution in [0.5, 0.6) is 0 Å². The van der Waals surface area contributed by atoms with Crippen LogP contribution in [-0.2, 0) is 6.42 Å². The summed E-state index contributed by atoms with van der Waals surface area (Å²) in [5, 5.41) is 3.34. The molecular formula is C17H21FN2. The van der Waals surface area contributed by atoms with Crippen LogP contribution >= 0.6 is 0 Å². The number of halogens is 1. The Balaban J connectivity index is 2.28. The van der Waals surface area contributed by atoms with Gasteiger partial charge in [0.25, 0.3) is 0 Å². The van der Waals surface area contributed by atoms with Gasteiger partial charge in [-0.3, -0.25) is 4.98 Å². The van der Waals surface area contributed by atoms with Gasteiger partial charge in [0.2, 0.25) is 0 Å². The van der Waals surface area contributed by atoms with Crippen LogP contribution in [-0.4, -0.2) is 12.0 Å². The molecule has 1 N–H and O–H groups in total. The van der Waals surface area contributed by atoms with E-state index in [2.05, 4.69) is 16.4 Å². The number of hydrogen-bond acceptors (Lipinski definition) is 2. The van der Waals surface area contributed by atoms with E-state index < -0.39 is 0 Å². The summed E-state index contributed by atoms with van der Waals surface area (Å²) in [5.41, 5.74) is 5.42. The lowest BCUT2D eigenvalue weighted by Gasteiger charge is -2.20. The highest BCUT2D eigenvalue weighted by Crippen LogP contribution is 2.23. The predicted molar refractivity (Wildman–Crippen MR) is 80.4 cm³/mol. The van der Waals surface area contributed by atoms with Gasteiger partial charge in [-0.05, 0) is 69.1 Å². The second-order valence-electron chi connectivity index (χ2n) is 5.24. The first-order valence-electron chi connectivity index (χ1n) is 6.87. The number of aromatic nitrogens is 1. The number of pyridine rings is 1. The molecule has 0 aliphatic rings. The molecule has 0 aliphatic carbocycles. The molecule has 0 spiro atoms. The zero-order chi connectivity index (χ0) is 14.7. The summed E-state index contributed by atoms with van der Waals surface area (Å²) in [6.45, 7) is 5.98. The van der Waals surface area contributed by atoms with Gasteiger partial charge < -0.3 is 5.32 Å². The van der Waals surface area contributed by atoms with E-state index in [-0.39, 0.29) is 11.9 Å². The van der Waals surface area contributed by atoms with Crippen molar-refractivity contribution in [2.75, 3.05) is 7.05 Å². The Bertz CT molecular complexity index is 608. The van der Waals surface area contributed by atoms with Crippen LogP contribution in [0.25, 0.3) is 0 Å². The fraction of sp³-hybridized carbons (Fsp3) is 0.353. The Kier molecular flexibility index (Phi) is 4.50. The van der Waals surface area contributed by atoms with Crippen molar-refractivity contribution in [2.24, 2.45) is 0 Å². The third kappa shape index (κ3) is 3.23. The summed E-state index contributed by atoms with van der Waals surface area (Å²) >= 11 is 0. The van der Waals surface area contributed by atoms with Gasteiger partial charge in [0, 0.05) is 17.4 Å². The van der Waals surface area contributed by atoms with Gasteiger partial charge in [0.05, 0.1) is 0 Å². The van der Waals surface area contributed by atoms with Crippen LogP contribution in [0.2, 0.25) is 0 Å². The number of benzene rings is 1. The SMILES string of the molecule is CNC(Cc1ccc(F)cc1C)c1ccc(C)nc1C. The summed E-state index contributed by atoms with van der Waals surface area (Å²) < 4.78 is 13.2. The lowest BCUT2D eigenvalue weighted by molar-refractivity contribution is 0.581. The molecule has 0 bridgehead atoms. The van der Waals surface area contributed by atoms with E-state index in [0.29, 0.717) is 0 Å². The Hall–Kier alpha value is -1.74. The zero-order valence-corrected chi connectivity index (χ0v) is 12.5. The molecule has 0 amide bonds. The molecule has 0 fully saturated rings. The van der Waals surface area contributed by atoms with Gasteiger partial charge >= 0.3 is 0 Å². The maximum atomic E-state index is 13.2. The summed E-state index contributed by atoms with van der Waals surface area (Å²) in [7, 11) is 1.95. The largest absolute Gasteiger partial charge is 0.313 e. The highest BCUT2D eigenvalue weighted by molar-refractivity contribution is 5.31. The molecule has 1 aromatic carbocycles. The Morgan fingerprint density at radius 2 is 1.90 bits per heavy atom. The highest BCUT2D eigenvalue weighted by atomic mass is 19.1. The zero-order valence-electron chi connectivity index (χ0n) is 12.5. The Morgan fingerprint density at radius 1 is 1.15 bits per heavy atom. The normalized spacial score (nSPS) is 12.4. The smallest absolute Gasteiger partial charge is 0.123 e. The van der Waals surface area contributed by atoms with Crippen molar-refractivity contribution in [1.82, 2.24) is 10.3 Å². The Labute approximate surface area is 120 Å². The number of likely N-dealkylation sites (N-methyl/N-ethyl adjacent to an activating group) is 1. The molecule has 0 saturated carbocycles. The van der Waals surface area contributed by atoms with Gasteiger partial charge in [-0.15, -0.1) is 0 Å². The third-order valence-corrected chi connectivity index (χ3v) is 3.72. The minimum atomic E-state index is -0.180. The number of nitrogens with zero attached hydrogens (tertiary/aromatic N) is 1. The van der Waals surface area contributed by atoms with Gasteiger partial charge in [-0.2, -0.15) is 0 Å². The van der Waals surface area contributed by atoms with Crippen LogP contribution < -0.4 is 5.32 Å². The van der Waals surface area contributed by atoms with E-state index in [0.717, 1.165) is 28.9 Å². The maximum Gasteiger partial charge on any atom is 0.123 e. The standard InChI is InChI=1S/C17H21FN2/c1-11-9-15(18)7-6-14(11)10-17(19-4)16-8-5-12(2)20-13(16)3/h5-9,17,19H,10H2,1-4H3. The van der Waals surface area contributed by atoms with E-state index in [1.807, 2.05) is 40.0 Å². The van der Waals surface area contributed by atoms with Crippen molar-refractivity contribution < 1.29 is 4.39 Å². The molecule has 1 aromatic heterocycles. The Morgan fingerprint density at radius 3 is 2.50 bits per heavy atom. The lowest BCUT2D eigenvalue weighted by atomic mass is 9.95. The maximum absolute atomic E-state index is 13.2. The summed E-state index contributed by atoms with van der Waals surface area (Å²) in [5.74, 6) is -0.180. The monoisotopic (exact) mass is 272 g/mol. The van der Waals surface area contributed by atoms with E-state index in [9.17, 15) is 4.39 Å². The number of nitrogens with one attached hydrogen (secondary N) is 1. The average molecular weight is 272 g/mol. The molecule has 2 rings (SSSR count). The topological polar surface area (TPSA) is 24.9 Å². The minimum Gasteiger partial charge on any atom is -0.313 e. The second-order valence-corrected chi connectivity index (χ2v) is 5.24. The number of rotatable bonds is 4. The summed E-state index contributed by atoms with van der Waals surface area (Å²) in [6, 6.07) is 9.32. The molecule has 0 saturated heterocycles. The van der Waals surface area contributed by atoms with Gasteiger partial charge in [0.1, 0.15) is 5.82 Å². The predicted octanol–water partition coefficient (Wildman–Crippen LogP) is 3.65. The van der Waals surface area contributed by atoms with Crippen molar-refractivity contribution in [3.05, 3.63) is 64.2 Å². The quantitative estimate of drug-likeness (QED) is 0.919. The third-order valence-electron chi connectivity index (χ3n) is 3.72. The van der Waals surface area contributed by atoms with Crippen molar-refractivity contribution in [2.45, 2.75) is 33.2 Å². The molecule has 3 heteroatoms. The van der Waals surface area contributed by atoms with E-state index in [1.54, 1.807) is 6.07 Å². The van der Waals surface area contributed by atoms with Gasteiger partial charge in [-0.1, -0.05) is 12.1 Å². The molecule has 0 aliphatic heterocycles. The van der Waals surface area contributed by atoms with E-state index >= 15 is 0 Å². The van der Waals surface area contributed by atoms with Crippen molar-refractivity contribution in [1.29, 1.82) is 0 Å². The second kappa shape index (κ2) is 6.14. The van der Waals surface area contributed by atoms with E-state index in [4.69, 9.17) is 0 Å². The molecule has 1 heterocycles. The van der Waals surface area contributed by atoms with Crippen LogP contribution in [0.3, 0.4) is 0 Å². The van der Waals surface area contributed by atoms with Crippen molar-refractivity contribution in [3.8, 4) is 0 Å². The average Bonchev–Trinajstić information content (AvgIpc) is 2.39. The van der Waals surface area contributed by atoms with Crippen molar-refractivity contribution >= 4 is 0 Å². The van der Waals surface area contributed by atoms with Crippen LogP contribution in [0.4, 0.5) is 4.39 Å². The number of hydrogen-bond donors (Lipinski definition) is 1. The minimum absolute atomic E-state index is 0.180. The molecule has 2 aromatic rings. The highest BCUT2D eigenvalue weighted by Gasteiger charge is 2.14. The molecular weight excluding hydrogens is 251 g/mol. The molecule has 0 radical (unpaired) electrons. The van der Waals surface area contributed by atoms with Crippen LogP contribution in [0.15, 0.2) is 30.3 Å². The van der Waals surface area contributed by atoms with Gasteiger partial charge in [-0.25, -0.2) is 4.39 Å². The molecule has 106 valence electrons. The van der Waals surface area contributed by atoms with Crippen molar-refractivity contribution in [3.63, 3.8) is 0 Å². The van der Waals surface area contributed by atoms with E-state index in [1.165, 1.54) is 11.6 Å². The van der Waals surface area contributed by atoms with Crippen LogP contribution in [0, 0.1) is 26.6 Å². The molecule has 20 heavy (non-hydrogen) atoms. The first kappa shape index (κ1) is 14.7. The van der Waals surface area contributed by atoms with Gasteiger partial charge in [0.15, 0.2) is 0 Å². The summed E-state index contributed by atoms with van der Waals surface area (Å²) in [6.07, 6.45) is 0.828.